The minimum Gasteiger partial charge on any atom is -0.504 e. The molecule has 3 rings (SSSR count). The molecule has 0 aromatic heterocycles. The van der Waals surface area contributed by atoms with E-state index in [9.17, 15) is 54.6 Å². The fourth-order valence-electron chi connectivity index (χ4n) is 4.24. The molecule has 0 amide bonds. The molecule has 15 heteroatoms. The van der Waals surface area contributed by atoms with E-state index in [1.165, 1.54) is 18.2 Å². The van der Waals surface area contributed by atoms with Gasteiger partial charge in [-0.2, -0.15) is 0 Å². The Morgan fingerprint density at radius 3 is 1.80 bits per heavy atom. The lowest BCUT2D eigenvalue weighted by Gasteiger charge is -2.42. The van der Waals surface area contributed by atoms with Gasteiger partial charge in [0.2, 0.25) is 5.60 Å². The summed E-state index contributed by atoms with van der Waals surface area (Å²) in [7, 11) is 0. The molecule has 0 aliphatic heterocycles. The SMILES string of the molecule is O=C(O)CCC(=O)O[C@@H]1[C@H](O)C[C@@](OC(=O)/C=C/c2ccc(O)c(O)c2)(C(=O)O)C[C@H]1OC(=O)/C=C/c1ccc(O)c(O)c1. The number of ether oxygens (including phenoxy) is 3. The monoisotopic (exact) mass is 616 g/mol. The van der Waals surface area contributed by atoms with Crippen LogP contribution in [0, 0.1) is 0 Å². The first-order valence-corrected chi connectivity index (χ1v) is 12.9. The van der Waals surface area contributed by atoms with E-state index in [2.05, 4.69) is 0 Å². The van der Waals surface area contributed by atoms with Crippen molar-refractivity contribution in [3.05, 3.63) is 59.7 Å². The van der Waals surface area contributed by atoms with Gasteiger partial charge >= 0.3 is 29.8 Å². The number of phenolic OH excluding ortho intramolecular Hbond substituents is 4. The molecular formula is C29H28O15. The average molecular weight is 617 g/mol. The number of aliphatic hydroxyl groups is 1. The van der Waals surface area contributed by atoms with Crippen LogP contribution in [0.1, 0.15) is 36.8 Å². The van der Waals surface area contributed by atoms with Crippen molar-refractivity contribution in [3.8, 4) is 23.0 Å². The first-order valence-electron chi connectivity index (χ1n) is 12.9. The summed E-state index contributed by atoms with van der Waals surface area (Å²) < 4.78 is 15.7. The van der Waals surface area contributed by atoms with E-state index in [0.29, 0.717) is 0 Å². The third kappa shape index (κ3) is 8.72. The molecule has 0 heterocycles. The largest absolute Gasteiger partial charge is 0.504 e. The van der Waals surface area contributed by atoms with E-state index < -0.39 is 102 Å². The summed E-state index contributed by atoms with van der Waals surface area (Å²) in [6, 6.07) is 7.21. The Bertz CT molecular complexity index is 1490. The molecule has 0 spiro atoms. The summed E-state index contributed by atoms with van der Waals surface area (Å²) in [5.41, 5.74) is -2.00. The number of carbonyl (C=O) groups excluding carboxylic acids is 3. The second kappa shape index (κ2) is 14.1. The minimum atomic E-state index is -2.49. The molecule has 1 aliphatic rings. The van der Waals surface area contributed by atoms with Crippen LogP contribution in [-0.4, -0.2) is 89.5 Å². The summed E-state index contributed by atoms with van der Waals surface area (Å²) in [4.78, 5) is 60.8. The minimum absolute atomic E-state index is 0.235. The van der Waals surface area contributed by atoms with Crippen molar-refractivity contribution >= 4 is 42.0 Å². The van der Waals surface area contributed by atoms with Crippen molar-refractivity contribution in [2.75, 3.05) is 0 Å². The maximum absolute atomic E-state index is 12.7. The van der Waals surface area contributed by atoms with Gasteiger partial charge in [-0.05, 0) is 47.5 Å². The van der Waals surface area contributed by atoms with Gasteiger partial charge in [0.15, 0.2) is 29.1 Å². The molecule has 2 aromatic rings. The highest BCUT2D eigenvalue weighted by Gasteiger charge is 2.56. The Kier molecular flexibility index (Phi) is 10.5. The lowest BCUT2D eigenvalue weighted by molar-refractivity contribution is -0.214. The normalized spacial score (nSPS) is 21.5. The number of hydrogen-bond donors (Lipinski definition) is 7. The van der Waals surface area contributed by atoms with Crippen LogP contribution in [0.3, 0.4) is 0 Å². The maximum atomic E-state index is 12.7. The smallest absolute Gasteiger partial charge is 0.348 e. The number of rotatable bonds is 11. The summed E-state index contributed by atoms with van der Waals surface area (Å²) in [6.45, 7) is 0. The number of phenols is 4. The van der Waals surface area contributed by atoms with Gasteiger partial charge in [-0.1, -0.05) is 12.1 Å². The molecule has 0 unspecified atom stereocenters. The summed E-state index contributed by atoms with van der Waals surface area (Å²) in [6.07, 6.45) is -4.08. The van der Waals surface area contributed by atoms with Crippen molar-refractivity contribution in [2.45, 2.75) is 49.6 Å². The zero-order valence-corrected chi connectivity index (χ0v) is 22.7. The first kappa shape index (κ1) is 32.9. The Balaban J connectivity index is 1.85. The van der Waals surface area contributed by atoms with Gasteiger partial charge in [0.25, 0.3) is 0 Å². The van der Waals surface area contributed by atoms with Gasteiger partial charge in [0.05, 0.1) is 18.9 Å². The quantitative estimate of drug-likeness (QED) is 0.0816. The Morgan fingerprint density at radius 1 is 0.750 bits per heavy atom. The van der Waals surface area contributed by atoms with Crippen molar-refractivity contribution < 1.29 is 73.9 Å². The van der Waals surface area contributed by atoms with E-state index in [1.54, 1.807) is 0 Å². The molecule has 15 nitrogen and oxygen atoms in total. The zero-order chi connectivity index (χ0) is 32.6. The average Bonchev–Trinajstić information content (AvgIpc) is 2.95. The number of aromatic hydroxyl groups is 4. The van der Waals surface area contributed by atoms with Crippen molar-refractivity contribution in [1.82, 2.24) is 0 Å². The first-order chi connectivity index (χ1) is 20.7. The molecule has 1 saturated carbocycles. The van der Waals surface area contributed by atoms with Crippen molar-refractivity contribution in [2.24, 2.45) is 0 Å². The predicted octanol–water partition coefficient (Wildman–Crippen LogP) is 1.45. The molecule has 44 heavy (non-hydrogen) atoms. The molecule has 1 fully saturated rings. The lowest BCUT2D eigenvalue weighted by atomic mass is 9.79. The molecule has 4 atom stereocenters. The third-order valence-corrected chi connectivity index (χ3v) is 6.40. The Hall–Kier alpha value is -5.57. The maximum Gasteiger partial charge on any atom is 0.348 e. The zero-order valence-electron chi connectivity index (χ0n) is 22.7. The fraction of sp³-hybridized carbons (Fsp3) is 0.276. The molecular weight excluding hydrogens is 588 g/mol. The fourth-order valence-corrected chi connectivity index (χ4v) is 4.24. The second-order valence-electron chi connectivity index (χ2n) is 9.68. The van der Waals surface area contributed by atoms with E-state index in [1.807, 2.05) is 0 Å². The molecule has 2 aromatic carbocycles. The number of carbonyl (C=O) groups is 5. The highest BCUT2D eigenvalue weighted by atomic mass is 16.6. The van der Waals surface area contributed by atoms with Gasteiger partial charge in [-0.3, -0.25) is 9.59 Å². The number of benzene rings is 2. The van der Waals surface area contributed by atoms with Crippen molar-refractivity contribution in [1.29, 1.82) is 0 Å². The van der Waals surface area contributed by atoms with Gasteiger partial charge in [0, 0.05) is 25.0 Å². The highest BCUT2D eigenvalue weighted by molar-refractivity contribution is 5.91. The highest BCUT2D eigenvalue weighted by Crippen LogP contribution is 2.37. The Labute approximate surface area is 248 Å². The number of aliphatic carboxylic acids is 2. The van der Waals surface area contributed by atoms with Gasteiger partial charge < -0.3 is 50.0 Å². The van der Waals surface area contributed by atoms with E-state index >= 15 is 0 Å². The van der Waals surface area contributed by atoms with Crippen LogP contribution in [0.2, 0.25) is 0 Å². The van der Waals surface area contributed by atoms with Crippen LogP contribution >= 0.6 is 0 Å². The number of carboxylic acid groups (broad SMARTS) is 2. The van der Waals surface area contributed by atoms with E-state index in [-0.39, 0.29) is 11.1 Å². The van der Waals surface area contributed by atoms with Crippen LogP contribution in [-0.2, 0) is 38.2 Å². The van der Waals surface area contributed by atoms with Crippen molar-refractivity contribution in [3.63, 3.8) is 0 Å². The lowest BCUT2D eigenvalue weighted by Crippen LogP contribution is -2.59. The molecule has 0 bridgehead atoms. The topological polar surface area (TPSA) is 255 Å². The number of carboxylic acids is 2. The van der Waals surface area contributed by atoms with Crippen LogP contribution in [0.25, 0.3) is 12.2 Å². The molecule has 0 radical (unpaired) electrons. The van der Waals surface area contributed by atoms with E-state index in [4.69, 9.17) is 19.3 Å². The molecule has 7 N–H and O–H groups in total. The Morgan fingerprint density at radius 2 is 1.30 bits per heavy atom. The third-order valence-electron chi connectivity index (χ3n) is 6.40. The van der Waals surface area contributed by atoms with Crippen LogP contribution in [0.15, 0.2) is 48.6 Å². The molecule has 234 valence electrons. The second-order valence-corrected chi connectivity index (χ2v) is 9.68. The number of aliphatic hydroxyl groups excluding tert-OH is 1. The van der Waals surface area contributed by atoms with Crippen LogP contribution in [0.4, 0.5) is 0 Å². The molecule has 0 saturated heterocycles. The van der Waals surface area contributed by atoms with Gasteiger partial charge in [-0.15, -0.1) is 0 Å². The summed E-state index contributed by atoms with van der Waals surface area (Å²) >= 11 is 0. The van der Waals surface area contributed by atoms with Gasteiger partial charge in [0.1, 0.15) is 6.10 Å². The van der Waals surface area contributed by atoms with Crippen LogP contribution < -0.4 is 0 Å². The molecule has 1 aliphatic carbocycles. The summed E-state index contributed by atoms with van der Waals surface area (Å²) in [5.74, 6) is -8.25. The standard InChI is InChI=1S/C29H28O15/c30-17-5-1-15(11-19(17)32)3-8-24(37)42-22-14-29(28(40)41,13-21(34)27(22)43-25(38)10-7-23(35)36)44-26(39)9-4-16-2-6-18(31)20(33)12-16/h1-6,8-9,11-12,21-22,27,30-34H,7,10,13-14H2,(H,35,36)(H,40,41)/b8-3+,9-4+/t21-,22-,27-,29+/m1/s1. The van der Waals surface area contributed by atoms with E-state index in [0.717, 1.165) is 42.5 Å². The van der Waals surface area contributed by atoms with Crippen LogP contribution in [0.5, 0.6) is 23.0 Å². The number of esters is 3. The number of hydrogen-bond acceptors (Lipinski definition) is 13. The summed E-state index contributed by atoms with van der Waals surface area (Å²) in [5, 5.41) is 67.8. The van der Waals surface area contributed by atoms with Gasteiger partial charge in [-0.25, -0.2) is 14.4 Å². The predicted molar refractivity (Wildman–Crippen MR) is 146 cm³/mol.